The molecule has 0 saturated carbocycles. The molecule has 0 radical (unpaired) electrons. The van der Waals surface area contributed by atoms with E-state index in [1.54, 1.807) is 13.2 Å². The average Bonchev–Trinajstić information content (AvgIpc) is 3.20. The second kappa shape index (κ2) is 9.26. The molecule has 1 saturated heterocycles. The molecule has 1 amide bonds. The fourth-order valence-corrected chi connectivity index (χ4v) is 2.75. The summed E-state index contributed by atoms with van der Waals surface area (Å²) in [6, 6.07) is 11.3. The zero-order valence-electron chi connectivity index (χ0n) is 14.9. The van der Waals surface area contributed by atoms with Crippen LogP contribution in [0.25, 0.3) is 11.4 Å². The van der Waals surface area contributed by atoms with Crippen molar-refractivity contribution in [2.75, 3.05) is 38.7 Å². The van der Waals surface area contributed by atoms with Crippen LogP contribution in [0, 0.1) is 0 Å². The van der Waals surface area contributed by atoms with Crippen LogP contribution in [0.2, 0.25) is 0 Å². The zero-order valence-corrected chi connectivity index (χ0v) is 14.9. The van der Waals surface area contributed by atoms with Gasteiger partial charge in [0.2, 0.25) is 0 Å². The van der Waals surface area contributed by atoms with Gasteiger partial charge in [-0.2, -0.15) is 0 Å². The number of aromatic nitrogens is 2. The number of ether oxygens (including phenoxy) is 2. The minimum atomic E-state index is -0.227. The van der Waals surface area contributed by atoms with Crippen LogP contribution in [0.5, 0.6) is 0 Å². The molecule has 2 N–H and O–H groups in total. The SMILES string of the molecule is COCCNc1cc(C(=O)NCC2CCCO2)nc(-c2ccccc2)n1. The lowest BCUT2D eigenvalue weighted by molar-refractivity contribution is 0.0853. The number of nitrogens with one attached hydrogen (secondary N) is 2. The summed E-state index contributed by atoms with van der Waals surface area (Å²) in [4.78, 5) is 21.5. The van der Waals surface area contributed by atoms with Crippen LogP contribution in [0.15, 0.2) is 36.4 Å². The third kappa shape index (κ3) is 5.00. The van der Waals surface area contributed by atoms with Crippen molar-refractivity contribution in [3.63, 3.8) is 0 Å². The summed E-state index contributed by atoms with van der Waals surface area (Å²) >= 11 is 0. The average molecular weight is 356 g/mol. The van der Waals surface area contributed by atoms with Crippen LogP contribution in [0.1, 0.15) is 23.3 Å². The highest BCUT2D eigenvalue weighted by Gasteiger charge is 2.18. The molecular formula is C19H24N4O3. The van der Waals surface area contributed by atoms with Crippen molar-refractivity contribution in [2.45, 2.75) is 18.9 Å². The van der Waals surface area contributed by atoms with Gasteiger partial charge in [0.1, 0.15) is 11.5 Å². The van der Waals surface area contributed by atoms with Crippen molar-refractivity contribution < 1.29 is 14.3 Å². The number of amides is 1. The summed E-state index contributed by atoms with van der Waals surface area (Å²) in [6.07, 6.45) is 2.11. The molecule has 1 unspecified atom stereocenters. The molecule has 1 aromatic carbocycles. The van der Waals surface area contributed by atoms with Gasteiger partial charge in [-0.15, -0.1) is 0 Å². The van der Waals surface area contributed by atoms with Crippen molar-refractivity contribution in [3.05, 3.63) is 42.1 Å². The van der Waals surface area contributed by atoms with E-state index in [1.807, 2.05) is 30.3 Å². The maximum Gasteiger partial charge on any atom is 0.270 e. The van der Waals surface area contributed by atoms with Gasteiger partial charge >= 0.3 is 0 Å². The van der Waals surface area contributed by atoms with Crippen LogP contribution in [-0.4, -0.2) is 55.4 Å². The Morgan fingerprint density at radius 1 is 1.31 bits per heavy atom. The maximum absolute atomic E-state index is 12.6. The number of carbonyl (C=O) groups excluding carboxylic acids is 1. The molecule has 7 nitrogen and oxygen atoms in total. The molecule has 26 heavy (non-hydrogen) atoms. The highest BCUT2D eigenvalue weighted by Crippen LogP contribution is 2.18. The van der Waals surface area contributed by atoms with Gasteiger partial charge in [-0.05, 0) is 12.8 Å². The van der Waals surface area contributed by atoms with E-state index < -0.39 is 0 Å². The molecule has 1 fully saturated rings. The number of hydrogen-bond donors (Lipinski definition) is 2. The highest BCUT2D eigenvalue weighted by molar-refractivity contribution is 5.93. The maximum atomic E-state index is 12.6. The molecule has 1 aliphatic rings. The Bertz CT molecular complexity index is 718. The van der Waals surface area contributed by atoms with Gasteiger partial charge in [0, 0.05) is 38.4 Å². The van der Waals surface area contributed by atoms with Crippen LogP contribution >= 0.6 is 0 Å². The van der Waals surface area contributed by atoms with Gasteiger partial charge in [0.25, 0.3) is 5.91 Å². The summed E-state index contributed by atoms with van der Waals surface area (Å²) in [5, 5.41) is 6.07. The number of nitrogens with zero attached hydrogens (tertiary/aromatic N) is 2. The standard InChI is InChI=1S/C19H24N4O3/c1-25-11-9-20-17-12-16(19(24)21-13-15-8-5-10-26-15)22-18(23-17)14-6-3-2-4-7-14/h2-4,6-7,12,15H,5,8-11,13H2,1H3,(H,21,24)(H,20,22,23). The van der Waals surface area contributed by atoms with E-state index >= 15 is 0 Å². The molecule has 1 atom stereocenters. The van der Waals surface area contributed by atoms with Crippen LogP contribution in [0.3, 0.4) is 0 Å². The van der Waals surface area contributed by atoms with Crippen molar-refractivity contribution in [2.24, 2.45) is 0 Å². The first-order chi connectivity index (χ1) is 12.8. The molecule has 1 aliphatic heterocycles. The first kappa shape index (κ1) is 18.3. The molecule has 0 aliphatic carbocycles. The quantitative estimate of drug-likeness (QED) is 0.705. The molecule has 138 valence electrons. The number of carbonyl (C=O) groups is 1. The molecular weight excluding hydrogens is 332 g/mol. The van der Waals surface area contributed by atoms with E-state index in [4.69, 9.17) is 9.47 Å². The van der Waals surface area contributed by atoms with Gasteiger partial charge in [0.05, 0.1) is 12.7 Å². The van der Waals surface area contributed by atoms with Gasteiger partial charge in [-0.25, -0.2) is 9.97 Å². The number of anilines is 1. The lowest BCUT2D eigenvalue weighted by atomic mass is 10.2. The Morgan fingerprint density at radius 3 is 2.88 bits per heavy atom. The summed E-state index contributed by atoms with van der Waals surface area (Å²) in [6.45, 7) is 2.40. The molecule has 3 rings (SSSR count). The predicted octanol–water partition coefficient (Wildman–Crippen LogP) is 2.11. The molecule has 2 aromatic rings. The minimum absolute atomic E-state index is 0.0914. The Morgan fingerprint density at radius 2 is 2.15 bits per heavy atom. The van der Waals surface area contributed by atoms with E-state index in [0.717, 1.165) is 25.0 Å². The first-order valence-electron chi connectivity index (χ1n) is 8.83. The van der Waals surface area contributed by atoms with E-state index in [0.29, 0.717) is 37.0 Å². The smallest absolute Gasteiger partial charge is 0.270 e. The molecule has 0 bridgehead atoms. The number of methoxy groups -OCH3 is 1. The lowest BCUT2D eigenvalue weighted by Gasteiger charge is -2.12. The summed E-state index contributed by atoms with van der Waals surface area (Å²) in [5.74, 6) is 0.878. The highest BCUT2D eigenvalue weighted by atomic mass is 16.5. The van der Waals surface area contributed by atoms with Crippen molar-refractivity contribution in [1.29, 1.82) is 0 Å². The van der Waals surface area contributed by atoms with Crippen molar-refractivity contribution in [1.82, 2.24) is 15.3 Å². The fraction of sp³-hybridized carbons (Fsp3) is 0.421. The lowest BCUT2D eigenvalue weighted by Crippen LogP contribution is -2.32. The Balaban J connectivity index is 1.77. The van der Waals surface area contributed by atoms with Gasteiger partial charge in [-0.1, -0.05) is 30.3 Å². The van der Waals surface area contributed by atoms with Crippen LogP contribution in [-0.2, 0) is 9.47 Å². The van der Waals surface area contributed by atoms with Gasteiger partial charge < -0.3 is 20.1 Å². The molecule has 0 spiro atoms. The van der Waals surface area contributed by atoms with Crippen molar-refractivity contribution in [3.8, 4) is 11.4 Å². The largest absolute Gasteiger partial charge is 0.383 e. The summed E-state index contributed by atoms with van der Waals surface area (Å²) in [5.41, 5.74) is 1.19. The van der Waals surface area contributed by atoms with Crippen LogP contribution in [0.4, 0.5) is 5.82 Å². The third-order valence-electron chi connectivity index (χ3n) is 4.12. The zero-order chi connectivity index (χ0) is 18.2. The molecule has 2 heterocycles. The monoisotopic (exact) mass is 356 g/mol. The minimum Gasteiger partial charge on any atom is -0.383 e. The summed E-state index contributed by atoms with van der Waals surface area (Å²) in [7, 11) is 1.64. The summed E-state index contributed by atoms with van der Waals surface area (Å²) < 4.78 is 10.6. The number of hydrogen-bond acceptors (Lipinski definition) is 6. The fourth-order valence-electron chi connectivity index (χ4n) is 2.75. The van der Waals surface area contributed by atoms with Crippen LogP contribution < -0.4 is 10.6 Å². The molecule has 7 heteroatoms. The third-order valence-corrected chi connectivity index (χ3v) is 4.12. The second-order valence-corrected chi connectivity index (χ2v) is 6.09. The topological polar surface area (TPSA) is 85.4 Å². The molecule has 1 aromatic heterocycles. The van der Waals surface area contributed by atoms with E-state index in [-0.39, 0.29) is 12.0 Å². The van der Waals surface area contributed by atoms with Gasteiger partial charge in [-0.3, -0.25) is 4.79 Å². The number of benzene rings is 1. The Hall–Kier alpha value is -2.51. The van der Waals surface area contributed by atoms with E-state index in [2.05, 4.69) is 20.6 Å². The van der Waals surface area contributed by atoms with E-state index in [1.165, 1.54) is 0 Å². The Kier molecular flexibility index (Phi) is 6.51. The van der Waals surface area contributed by atoms with Crippen molar-refractivity contribution >= 4 is 11.7 Å². The normalized spacial score (nSPS) is 16.4. The predicted molar refractivity (Wildman–Crippen MR) is 99.1 cm³/mol. The first-order valence-corrected chi connectivity index (χ1v) is 8.83. The number of rotatable bonds is 8. The van der Waals surface area contributed by atoms with E-state index in [9.17, 15) is 4.79 Å². The second-order valence-electron chi connectivity index (χ2n) is 6.09. The van der Waals surface area contributed by atoms with Gasteiger partial charge in [0.15, 0.2) is 5.82 Å². The Labute approximate surface area is 153 Å².